The van der Waals surface area contributed by atoms with Gasteiger partial charge < -0.3 is 9.84 Å². The molecular weight excluding hydrogens is 378 g/mol. The highest BCUT2D eigenvalue weighted by molar-refractivity contribution is 6.32. The first-order chi connectivity index (χ1) is 13.5. The molecule has 1 saturated carbocycles. The number of hydrogen-bond acceptors (Lipinski definition) is 5. The monoisotopic (exact) mass is 393 g/mol. The van der Waals surface area contributed by atoms with Crippen molar-refractivity contribution in [2.75, 3.05) is 0 Å². The van der Waals surface area contributed by atoms with Crippen LogP contribution in [-0.2, 0) is 9.59 Å². The molecule has 1 aliphatic rings. The molecule has 3 aromatic rings. The minimum atomic E-state index is -0.326. The van der Waals surface area contributed by atoms with Crippen LogP contribution >= 0.6 is 11.6 Å². The fraction of sp³-hybridized carbons (Fsp3) is 0.136. The number of Topliss-reactive ketones (excluding diaryl/α,β-unsaturated/α-hetero) is 2. The predicted molar refractivity (Wildman–Crippen MR) is 107 cm³/mol. The second-order valence-electron chi connectivity index (χ2n) is 6.50. The Bertz CT molecular complexity index is 1120. The molecule has 1 aliphatic carbocycles. The van der Waals surface area contributed by atoms with Gasteiger partial charge in [0.2, 0.25) is 0 Å². The Hall–Kier alpha value is -3.18. The summed E-state index contributed by atoms with van der Waals surface area (Å²) >= 11 is 6.18. The van der Waals surface area contributed by atoms with E-state index in [1.807, 2.05) is 6.07 Å². The summed E-state index contributed by atoms with van der Waals surface area (Å²) in [5.41, 5.74) is 0.888. The first-order valence-corrected chi connectivity index (χ1v) is 9.23. The number of ether oxygens (including phenoxy) is 1. The Morgan fingerprint density at radius 1 is 1.00 bits per heavy atom. The summed E-state index contributed by atoms with van der Waals surface area (Å²) in [6.07, 6.45) is 2.66. The number of para-hydroxylation sites is 1. The molecule has 4 rings (SSSR count). The fourth-order valence-electron chi connectivity index (χ4n) is 3.23. The van der Waals surface area contributed by atoms with Crippen LogP contribution in [0, 0.1) is 0 Å². The lowest BCUT2D eigenvalue weighted by atomic mass is 9.89. The molecule has 2 aromatic carbocycles. The zero-order valence-electron chi connectivity index (χ0n) is 14.8. The van der Waals surface area contributed by atoms with Gasteiger partial charge in [-0.25, -0.2) is 0 Å². The summed E-state index contributed by atoms with van der Waals surface area (Å²) < 4.78 is 5.94. The van der Waals surface area contributed by atoms with Gasteiger partial charge in [-0.15, -0.1) is 0 Å². The lowest BCUT2D eigenvalue weighted by Crippen LogP contribution is -2.20. The van der Waals surface area contributed by atoms with E-state index in [4.69, 9.17) is 16.3 Å². The zero-order chi connectivity index (χ0) is 19.7. The summed E-state index contributed by atoms with van der Waals surface area (Å²) in [5.74, 6) is 0.0330. The van der Waals surface area contributed by atoms with Crippen molar-refractivity contribution in [1.29, 1.82) is 0 Å². The van der Waals surface area contributed by atoms with Gasteiger partial charge in [0, 0.05) is 30.0 Å². The average molecular weight is 394 g/mol. The number of halogens is 1. The fourth-order valence-corrected chi connectivity index (χ4v) is 3.40. The molecular formula is C22H16ClNO4. The Kier molecular flexibility index (Phi) is 4.84. The molecule has 1 fully saturated rings. The van der Waals surface area contributed by atoms with Crippen LogP contribution in [0.5, 0.6) is 11.5 Å². The van der Waals surface area contributed by atoms with Crippen molar-refractivity contribution in [3.63, 3.8) is 0 Å². The Balaban J connectivity index is 1.81. The maximum absolute atomic E-state index is 12.1. The average Bonchev–Trinajstić information content (AvgIpc) is 2.69. The minimum absolute atomic E-state index is 0.122. The number of allylic oxidation sites excluding steroid dienone is 1. The minimum Gasteiger partial charge on any atom is -0.506 e. The van der Waals surface area contributed by atoms with Crippen molar-refractivity contribution in [1.82, 2.24) is 4.98 Å². The van der Waals surface area contributed by atoms with Gasteiger partial charge in [-0.3, -0.25) is 14.6 Å². The van der Waals surface area contributed by atoms with E-state index >= 15 is 0 Å². The number of hydrogen-bond donors (Lipinski definition) is 1. The van der Waals surface area contributed by atoms with Crippen molar-refractivity contribution < 1.29 is 19.4 Å². The molecule has 0 radical (unpaired) electrons. The van der Waals surface area contributed by atoms with Crippen LogP contribution < -0.4 is 4.74 Å². The number of aliphatic hydroxyl groups is 1. The second-order valence-corrected chi connectivity index (χ2v) is 6.90. The number of fused-ring (bicyclic) bond motifs is 1. The molecule has 28 heavy (non-hydrogen) atoms. The van der Waals surface area contributed by atoms with Crippen LogP contribution in [0.1, 0.15) is 24.8 Å². The molecule has 0 atom stereocenters. The Morgan fingerprint density at radius 2 is 1.75 bits per heavy atom. The molecule has 0 amide bonds. The van der Waals surface area contributed by atoms with E-state index in [-0.39, 0.29) is 35.7 Å². The number of aromatic nitrogens is 1. The van der Waals surface area contributed by atoms with Crippen LogP contribution in [-0.4, -0.2) is 21.7 Å². The van der Waals surface area contributed by atoms with E-state index in [1.165, 1.54) is 0 Å². The second kappa shape index (κ2) is 7.44. The van der Waals surface area contributed by atoms with Crippen molar-refractivity contribution in [2.24, 2.45) is 0 Å². The van der Waals surface area contributed by atoms with Gasteiger partial charge in [-0.05, 0) is 42.8 Å². The van der Waals surface area contributed by atoms with Crippen LogP contribution in [0.15, 0.2) is 60.3 Å². The maximum Gasteiger partial charge on any atom is 0.170 e. The van der Waals surface area contributed by atoms with Crippen LogP contribution in [0.25, 0.3) is 16.7 Å². The summed E-state index contributed by atoms with van der Waals surface area (Å²) in [6, 6.07) is 13.8. The predicted octanol–water partition coefficient (Wildman–Crippen LogP) is 5.27. The number of rotatable bonds is 3. The highest BCUT2D eigenvalue weighted by Gasteiger charge is 2.27. The largest absolute Gasteiger partial charge is 0.506 e. The molecule has 0 bridgehead atoms. The molecule has 1 heterocycles. The number of carbonyl (C=O) groups excluding carboxylic acids is 2. The molecule has 0 unspecified atom stereocenters. The third kappa shape index (κ3) is 3.37. The molecule has 0 spiro atoms. The molecule has 1 aromatic heterocycles. The Morgan fingerprint density at radius 3 is 2.50 bits per heavy atom. The smallest absolute Gasteiger partial charge is 0.170 e. The lowest BCUT2D eigenvalue weighted by Gasteiger charge is -2.15. The SMILES string of the molecule is O=C1CCCC(=O)C1=C(O)c1ccc2nccc(Oc3ccccc3Cl)c2c1. The number of carbonyl (C=O) groups is 2. The van der Waals surface area contributed by atoms with Gasteiger partial charge in [0.25, 0.3) is 0 Å². The molecule has 5 nitrogen and oxygen atoms in total. The van der Waals surface area contributed by atoms with Crippen molar-refractivity contribution >= 4 is 39.8 Å². The van der Waals surface area contributed by atoms with Crippen LogP contribution in [0.4, 0.5) is 0 Å². The summed E-state index contributed by atoms with van der Waals surface area (Å²) in [4.78, 5) is 28.6. The van der Waals surface area contributed by atoms with E-state index in [1.54, 1.807) is 48.7 Å². The number of benzene rings is 2. The van der Waals surface area contributed by atoms with E-state index < -0.39 is 0 Å². The van der Waals surface area contributed by atoms with Gasteiger partial charge in [-0.1, -0.05) is 23.7 Å². The van der Waals surface area contributed by atoms with E-state index in [0.717, 1.165) is 0 Å². The standard InChI is InChI=1S/C22H16ClNO4/c23-15-4-1-2-7-20(15)28-19-10-11-24-16-9-8-13(12-14(16)19)22(27)21-17(25)5-3-6-18(21)26/h1-2,4,7-12,27H,3,5-6H2. The highest BCUT2D eigenvalue weighted by Crippen LogP contribution is 2.34. The van der Waals surface area contributed by atoms with E-state index in [2.05, 4.69) is 4.98 Å². The number of pyridine rings is 1. The quantitative estimate of drug-likeness (QED) is 0.372. The summed E-state index contributed by atoms with van der Waals surface area (Å²) in [6.45, 7) is 0. The molecule has 1 N–H and O–H groups in total. The van der Waals surface area contributed by atoms with E-state index in [9.17, 15) is 14.7 Å². The summed E-state index contributed by atoms with van der Waals surface area (Å²) in [5, 5.41) is 11.7. The van der Waals surface area contributed by atoms with Gasteiger partial charge in [0.1, 0.15) is 22.8 Å². The van der Waals surface area contributed by atoms with Gasteiger partial charge in [0.15, 0.2) is 11.6 Å². The topological polar surface area (TPSA) is 76.5 Å². The molecule has 0 aliphatic heterocycles. The van der Waals surface area contributed by atoms with Gasteiger partial charge in [0.05, 0.1) is 10.5 Å². The first-order valence-electron chi connectivity index (χ1n) is 8.86. The number of ketones is 2. The summed E-state index contributed by atoms with van der Waals surface area (Å²) in [7, 11) is 0. The third-order valence-corrected chi connectivity index (χ3v) is 4.95. The molecule has 0 saturated heterocycles. The van der Waals surface area contributed by atoms with Gasteiger partial charge in [-0.2, -0.15) is 0 Å². The first kappa shape index (κ1) is 18.2. The highest BCUT2D eigenvalue weighted by atomic mass is 35.5. The lowest BCUT2D eigenvalue weighted by molar-refractivity contribution is -0.123. The normalized spacial score (nSPS) is 14.4. The zero-order valence-corrected chi connectivity index (χ0v) is 15.6. The van der Waals surface area contributed by atoms with Crippen LogP contribution in [0.3, 0.4) is 0 Å². The van der Waals surface area contributed by atoms with Crippen LogP contribution in [0.2, 0.25) is 5.02 Å². The van der Waals surface area contributed by atoms with Crippen molar-refractivity contribution in [2.45, 2.75) is 19.3 Å². The molecule has 140 valence electrons. The van der Waals surface area contributed by atoms with E-state index in [0.29, 0.717) is 39.4 Å². The maximum atomic E-state index is 12.1. The van der Waals surface area contributed by atoms with Crippen molar-refractivity contribution in [3.8, 4) is 11.5 Å². The Labute approximate surface area is 166 Å². The number of aliphatic hydroxyl groups excluding tert-OH is 1. The molecule has 6 heteroatoms. The van der Waals surface area contributed by atoms with Gasteiger partial charge >= 0.3 is 0 Å². The van der Waals surface area contributed by atoms with Crippen molar-refractivity contribution in [3.05, 3.63) is 70.9 Å². The third-order valence-electron chi connectivity index (χ3n) is 4.63. The number of nitrogens with zero attached hydrogens (tertiary/aromatic N) is 1.